The van der Waals surface area contributed by atoms with Gasteiger partial charge in [-0.1, -0.05) is 37.0 Å². The third kappa shape index (κ3) is 3.94. The van der Waals surface area contributed by atoms with Gasteiger partial charge in [-0.15, -0.1) is 0 Å². The van der Waals surface area contributed by atoms with Gasteiger partial charge in [-0.05, 0) is 43.4 Å². The molecule has 9 heteroatoms. The lowest BCUT2D eigenvalue weighted by Crippen LogP contribution is -2.49. The van der Waals surface area contributed by atoms with Gasteiger partial charge in [0.15, 0.2) is 5.69 Å². The fourth-order valence-corrected chi connectivity index (χ4v) is 3.58. The van der Waals surface area contributed by atoms with Gasteiger partial charge in [0, 0.05) is 11.3 Å². The number of alkyl halides is 3. The molecular weight excluding hydrogens is 402 g/mol. The number of carbonyl (C=O) groups excluding carboxylic acids is 1. The van der Waals surface area contributed by atoms with Crippen molar-refractivity contribution in [2.45, 2.75) is 45.3 Å². The molecule has 0 saturated carbocycles. The van der Waals surface area contributed by atoms with E-state index < -0.39 is 24.0 Å². The third-order valence-corrected chi connectivity index (χ3v) is 5.34. The highest BCUT2D eigenvalue weighted by Crippen LogP contribution is 2.31. The van der Waals surface area contributed by atoms with Crippen LogP contribution in [-0.2, 0) is 12.8 Å². The Hall–Kier alpha value is -1.73. The number of hydrogen-bond acceptors (Lipinski definition) is 2. The maximum Gasteiger partial charge on any atom is 0.408 e. The van der Waals surface area contributed by atoms with Crippen LogP contribution in [0, 0.1) is 5.92 Å². The molecule has 27 heavy (non-hydrogen) atoms. The Morgan fingerprint density at radius 3 is 2.52 bits per heavy atom. The van der Waals surface area contributed by atoms with E-state index in [1.165, 1.54) is 13.8 Å². The number of aromatic nitrogens is 2. The minimum Gasteiger partial charge on any atom is -0.339 e. The van der Waals surface area contributed by atoms with E-state index in [1.807, 2.05) is 0 Å². The number of nitrogens with zero attached hydrogens (tertiary/aromatic N) is 2. The average Bonchev–Trinajstić information content (AvgIpc) is 3.16. The monoisotopic (exact) mass is 419 g/mol. The zero-order chi connectivity index (χ0) is 19.9. The molecule has 0 fully saturated rings. The minimum atomic E-state index is -4.53. The molecule has 0 saturated heterocycles. The number of benzene rings is 1. The van der Waals surface area contributed by atoms with Crippen LogP contribution >= 0.6 is 23.2 Å². The van der Waals surface area contributed by atoms with Crippen LogP contribution in [0.4, 0.5) is 13.2 Å². The molecule has 2 aromatic rings. The Labute approximate surface area is 164 Å². The summed E-state index contributed by atoms with van der Waals surface area (Å²) in [6.45, 7) is 2.83. The van der Waals surface area contributed by atoms with Gasteiger partial charge in [0.2, 0.25) is 0 Å². The Balaban J connectivity index is 1.97. The molecule has 0 aliphatic heterocycles. The van der Waals surface area contributed by atoms with Gasteiger partial charge < -0.3 is 5.32 Å². The maximum absolute atomic E-state index is 13.2. The summed E-state index contributed by atoms with van der Waals surface area (Å²) in [4.78, 5) is 12.6. The second kappa shape index (κ2) is 7.36. The molecule has 1 heterocycles. The Bertz CT molecular complexity index is 877. The highest BCUT2D eigenvalue weighted by atomic mass is 35.5. The molecule has 0 radical (unpaired) electrons. The van der Waals surface area contributed by atoms with Gasteiger partial charge in [0.05, 0.1) is 15.7 Å². The van der Waals surface area contributed by atoms with E-state index in [0.29, 0.717) is 34.1 Å². The lowest BCUT2D eigenvalue weighted by atomic mass is 10.0. The van der Waals surface area contributed by atoms with Crippen LogP contribution in [0.2, 0.25) is 10.0 Å². The number of rotatable bonds is 4. The summed E-state index contributed by atoms with van der Waals surface area (Å²) in [5.74, 6) is -1.61. The van der Waals surface area contributed by atoms with Crippen LogP contribution < -0.4 is 5.32 Å². The fourth-order valence-electron chi connectivity index (χ4n) is 3.29. The van der Waals surface area contributed by atoms with E-state index >= 15 is 0 Å². The van der Waals surface area contributed by atoms with Crippen molar-refractivity contribution < 1.29 is 18.0 Å². The normalized spacial score (nSPS) is 15.1. The topological polar surface area (TPSA) is 46.9 Å². The van der Waals surface area contributed by atoms with Gasteiger partial charge >= 0.3 is 6.18 Å². The Morgan fingerprint density at radius 1 is 1.22 bits per heavy atom. The molecular formula is C18H18Cl2F3N3O. The molecule has 0 spiro atoms. The van der Waals surface area contributed by atoms with Crippen LogP contribution in [-0.4, -0.2) is 27.9 Å². The zero-order valence-corrected chi connectivity index (χ0v) is 16.2. The van der Waals surface area contributed by atoms with Crippen molar-refractivity contribution in [2.75, 3.05) is 0 Å². The Morgan fingerprint density at radius 2 is 1.93 bits per heavy atom. The van der Waals surface area contributed by atoms with E-state index in [2.05, 4.69) is 10.4 Å². The highest BCUT2D eigenvalue weighted by Gasteiger charge is 2.43. The number of nitrogens with one attached hydrogen (secondary N) is 1. The number of hydrogen-bond donors (Lipinski definition) is 1. The van der Waals surface area contributed by atoms with Crippen LogP contribution in [0.1, 0.15) is 42.0 Å². The summed E-state index contributed by atoms with van der Waals surface area (Å²) in [7, 11) is 0. The summed E-state index contributed by atoms with van der Waals surface area (Å²) in [6, 6.07) is 3.00. The average molecular weight is 420 g/mol. The summed E-state index contributed by atoms with van der Waals surface area (Å²) >= 11 is 12.0. The lowest BCUT2D eigenvalue weighted by Gasteiger charge is -2.24. The molecule has 1 atom stereocenters. The van der Waals surface area contributed by atoms with Gasteiger partial charge in [0.25, 0.3) is 5.91 Å². The van der Waals surface area contributed by atoms with Crippen molar-refractivity contribution in [1.29, 1.82) is 0 Å². The summed E-state index contributed by atoms with van der Waals surface area (Å²) in [6.07, 6.45) is -2.44. The van der Waals surface area contributed by atoms with Crippen molar-refractivity contribution in [1.82, 2.24) is 15.1 Å². The van der Waals surface area contributed by atoms with Gasteiger partial charge in [0.1, 0.15) is 6.04 Å². The lowest BCUT2D eigenvalue weighted by molar-refractivity contribution is -0.162. The van der Waals surface area contributed by atoms with Crippen molar-refractivity contribution in [2.24, 2.45) is 5.92 Å². The first kappa shape index (κ1) is 20.0. The van der Waals surface area contributed by atoms with E-state index in [9.17, 15) is 18.0 Å². The van der Waals surface area contributed by atoms with E-state index in [-0.39, 0.29) is 5.69 Å². The van der Waals surface area contributed by atoms with E-state index in [1.54, 1.807) is 22.9 Å². The fraction of sp³-hybridized carbons (Fsp3) is 0.444. The minimum absolute atomic E-state index is 0.0310. The molecule has 0 bridgehead atoms. The summed E-state index contributed by atoms with van der Waals surface area (Å²) in [5, 5.41) is 7.12. The number of halogens is 5. The predicted octanol–water partition coefficient (Wildman–Crippen LogP) is 4.98. The molecule has 1 aliphatic carbocycles. The highest BCUT2D eigenvalue weighted by molar-refractivity contribution is 6.42. The van der Waals surface area contributed by atoms with Crippen molar-refractivity contribution in [3.8, 4) is 5.69 Å². The first-order valence-corrected chi connectivity index (χ1v) is 9.29. The largest absolute Gasteiger partial charge is 0.408 e. The van der Waals surface area contributed by atoms with Crippen LogP contribution in [0.5, 0.6) is 0 Å². The maximum atomic E-state index is 13.2. The second-order valence-electron chi connectivity index (χ2n) is 6.87. The SMILES string of the molecule is CC(C)C(NC(=O)c1nn(-c2ccc(Cl)c(Cl)c2)c2c1CCC2)C(F)(F)F. The van der Waals surface area contributed by atoms with Gasteiger partial charge in [-0.3, -0.25) is 4.79 Å². The van der Waals surface area contributed by atoms with Gasteiger partial charge in [-0.25, -0.2) is 4.68 Å². The van der Waals surface area contributed by atoms with Crippen LogP contribution in [0.25, 0.3) is 5.69 Å². The molecule has 3 rings (SSSR count). The first-order chi connectivity index (χ1) is 12.6. The first-order valence-electron chi connectivity index (χ1n) is 8.53. The van der Waals surface area contributed by atoms with Crippen molar-refractivity contribution in [3.63, 3.8) is 0 Å². The van der Waals surface area contributed by atoms with E-state index in [4.69, 9.17) is 23.2 Å². The van der Waals surface area contributed by atoms with Crippen LogP contribution in [0.15, 0.2) is 18.2 Å². The smallest absolute Gasteiger partial charge is 0.339 e. The van der Waals surface area contributed by atoms with Crippen LogP contribution in [0.3, 0.4) is 0 Å². The predicted molar refractivity (Wildman–Crippen MR) is 97.8 cm³/mol. The standard InChI is InChI=1S/C18H18Cl2F3N3O/c1-9(2)16(18(21,22)23)24-17(27)15-11-4-3-5-14(11)26(25-15)10-6-7-12(19)13(20)8-10/h6-9,16H,3-5H2,1-2H3,(H,24,27). The second-order valence-corrected chi connectivity index (χ2v) is 7.69. The Kier molecular flexibility index (Phi) is 5.45. The molecule has 1 unspecified atom stereocenters. The number of fused-ring (bicyclic) bond motifs is 1. The quantitative estimate of drug-likeness (QED) is 0.758. The molecule has 1 aromatic heterocycles. The third-order valence-electron chi connectivity index (χ3n) is 4.60. The molecule has 1 amide bonds. The van der Waals surface area contributed by atoms with Crippen molar-refractivity contribution in [3.05, 3.63) is 45.2 Å². The van der Waals surface area contributed by atoms with Gasteiger partial charge in [-0.2, -0.15) is 18.3 Å². The molecule has 4 nitrogen and oxygen atoms in total. The number of carbonyl (C=O) groups is 1. The summed E-state index contributed by atoms with van der Waals surface area (Å²) < 4.78 is 41.2. The molecule has 1 N–H and O–H groups in total. The van der Waals surface area contributed by atoms with E-state index in [0.717, 1.165) is 12.1 Å². The summed E-state index contributed by atoms with van der Waals surface area (Å²) in [5.41, 5.74) is 2.14. The zero-order valence-electron chi connectivity index (χ0n) is 14.7. The molecule has 146 valence electrons. The van der Waals surface area contributed by atoms with Crippen molar-refractivity contribution >= 4 is 29.1 Å². The number of amides is 1. The molecule has 1 aromatic carbocycles. The molecule has 1 aliphatic rings.